The molecule has 0 heterocycles. The van der Waals surface area contributed by atoms with E-state index in [2.05, 4.69) is 27.7 Å². The van der Waals surface area contributed by atoms with Gasteiger partial charge in [0.2, 0.25) is 0 Å². The monoisotopic (exact) mass is 348 g/mol. The molecule has 23 heavy (non-hydrogen) atoms. The maximum Gasteiger partial charge on any atom is 0.295 e. The predicted octanol–water partition coefficient (Wildman–Crippen LogP) is 5.97. The quantitative estimate of drug-likeness (QED) is 0.199. The predicted molar refractivity (Wildman–Crippen MR) is 102 cm³/mol. The Labute approximate surface area is 150 Å². The summed E-state index contributed by atoms with van der Waals surface area (Å²) in [6.45, 7) is 10.5. The van der Waals surface area contributed by atoms with Crippen LogP contribution in [-0.4, -0.2) is 31.0 Å². The zero-order valence-corrected chi connectivity index (χ0v) is 16.8. The van der Waals surface area contributed by atoms with Crippen molar-refractivity contribution in [2.24, 2.45) is 0 Å². The molecule has 0 saturated carbocycles. The van der Waals surface area contributed by atoms with Crippen molar-refractivity contribution >= 4 is 12.6 Å². The molecule has 0 aliphatic rings. The third kappa shape index (κ3) is 10.6. The smallest absolute Gasteiger partial charge is 0.295 e. The number of ether oxygens (including phenoxy) is 3. The molecule has 3 nitrogen and oxygen atoms in total. The van der Waals surface area contributed by atoms with Crippen molar-refractivity contribution in [3.05, 3.63) is 0 Å². The fraction of sp³-hybridized carbons (Fsp3) is 1.00. The molecule has 0 aromatic heterocycles. The Hall–Kier alpha value is 0.230. The van der Waals surface area contributed by atoms with Gasteiger partial charge in [0, 0.05) is 0 Å². The van der Waals surface area contributed by atoms with Gasteiger partial charge in [0.25, 0.3) is 5.97 Å². The molecule has 0 rings (SSSR count). The third-order valence-corrected chi connectivity index (χ3v) is 4.34. The lowest BCUT2D eigenvalue weighted by atomic mass is 10.1. The summed E-state index contributed by atoms with van der Waals surface area (Å²) in [6, 6.07) is 0. The average molecular weight is 349 g/mol. The standard InChI is InChI=1S/C19H40O3S/c1-5-9-10-11-12-13-14-18(23)19(20-15-6-2,21-16-7-3)22-17-8-4/h18,23H,5-17H2,1-4H3. The van der Waals surface area contributed by atoms with Crippen LogP contribution in [0, 0.1) is 0 Å². The highest BCUT2D eigenvalue weighted by atomic mass is 32.1. The molecular weight excluding hydrogens is 308 g/mol. The highest BCUT2D eigenvalue weighted by Gasteiger charge is 2.40. The highest BCUT2D eigenvalue weighted by molar-refractivity contribution is 7.81. The normalized spacial score (nSPS) is 13.4. The molecule has 0 bridgehead atoms. The maximum atomic E-state index is 6.02. The van der Waals surface area contributed by atoms with Crippen LogP contribution in [0.4, 0.5) is 0 Å². The second kappa shape index (κ2) is 15.7. The van der Waals surface area contributed by atoms with Crippen molar-refractivity contribution in [2.75, 3.05) is 19.8 Å². The van der Waals surface area contributed by atoms with Gasteiger partial charge >= 0.3 is 0 Å². The number of thiol groups is 1. The van der Waals surface area contributed by atoms with Gasteiger partial charge < -0.3 is 14.2 Å². The van der Waals surface area contributed by atoms with Gasteiger partial charge in [-0.05, 0) is 25.7 Å². The minimum atomic E-state index is -0.978. The maximum absolute atomic E-state index is 6.02. The molecule has 0 aromatic rings. The Kier molecular flexibility index (Phi) is 15.9. The lowest BCUT2D eigenvalue weighted by Gasteiger charge is -2.37. The molecule has 0 aromatic carbocycles. The van der Waals surface area contributed by atoms with Crippen molar-refractivity contribution in [3.63, 3.8) is 0 Å². The second-order valence-corrected chi connectivity index (χ2v) is 6.84. The summed E-state index contributed by atoms with van der Waals surface area (Å²) in [4.78, 5) is 0. The van der Waals surface area contributed by atoms with Crippen molar-refractivity contribution in [1.82, 2.24) is 0 Å². The van der Waals surface area contributed by atoms with Crippen LogP contribution in [0.25, 0.3) is 0 Å². The summed E-state index contributed by atoms with van der Waals surface area (Å²) >= 11 is 4.80. The number of hydrogen-bond acceptors (Lipinski definition) is 4. The van der Waals surface area contributed by atoms with E-state index in [1.807, 2.05) is 0 Å². The van der Waals surface area contributed by atoms with Gasteiger partial charge in [-0.1, -0.05) is 66.2 Å². The van der Waals surface area contributed by atoms with E-state index >= 15 is 0 Å². The Morgan fingerprint density at radius 3 is 1.52 bits per heavy atom. The second-order valence-electron chi connectivity index (χ2n) is 6.22. The summed E-state index contributed by atoms with van der Waals surface area (Å²) < 4.78 is 18.1. The van der Waals surface area contributed by atoms with Crippen LogP contribution >= 0.6 is 12.6 Å². The first-order valence-electron chi connectivity index (χ1n) is 9.76. The summed E-state index contributed by atoms with van der Waals surface area (Å²) in [5.74, 6) is -0.978. The summed E-state index contributed by atoms with van der Waals surface area (Å²) in [7, 11) is 0. The summed E-state index contributed by atoms with van der Waals surface area (Å²) in [6.07, 6.45) is 11.5. The van der Waals surface area contributed by atoms with E-state index in [-0.39, 0.29) is 5.25 Å². The van der Waals surface area contributed by atoms with Crippen molar-refractivity contribution in [3.8, 4) is 0 Å². The summed E-state index contributed by atoms with van der Waals surface area (Å²) in [5.41, 5.74) is 0. The molecule has 4 heteroatoms. The molecular formula is C19H40O3S. The Morgan fingerprint density at radius 2 is 1.09 bits per heavy atom. The lowest BCUT2D eigenvalue weighted by Crippen LogP contribution is -2.48. The molecule has 0 spiro atoms. The van der Waals surface area contributed by atoms with Gasteiger partial charge in [0.05, 0.1) is 25.1 Å². The van der Waals surface area contributed by atoms with Crippen LogP contribution in [0.5, 0.6) is 0 Å². The lowest BCUT2D eigenvalue weighted by molar-refractivity contribution is -0.379. The molecule has 0 fully saturated rings. The van der Waals surface area contributed by atoms with Crippen LogP contribution < -0.4 is 0 Å². The van der Waals surface area contributed by atoms with Crippen molar-refractivity contribution < 1.29 is 14.2 Å². The minimum absolute atomic E-state index is 0.0432. The first kappa shape index (κ1) is 23.2. The molecule has 0 radical (unpaired) electrons. The molecule has 0 aliphatic carbocycles. The first-order chi connectivity index (χ1) is 11.2. The summed E-state index contributed by atoms with van der Waals surface area (Å²) in [5, 5.41) is -0.0432. The van der Waals surface area contributed by atoms with Gasteiger partial charge in [0.15, 0.2) is 0 Å². The van der Waals surface area contributed by atoms with Crippen molar-refractivity contribution in [2.45, 2.75) is 103 Å². The van der Waals surface area contributed by atoms with E-state index < -0.39 is 5.97 Å². The van der Waals surface area contributed by atoms with Gasteiger partial charge in [-0.25, -0.2) is 0 Å². The molecule has 0 aliphatic heterocycles. The Morgan fingerprint density at radius 1 is 0.652 bits per heavy atom. The van der Waals surface area contributed by atoms with E-state index in [0.717, 1.165) is 32.1 Å². The fourth-order valence-corrected chi connectivity index (χ4v) is 2.85. The Bertz CT molecular complexity index is 227. The molecule has 0 amide bonds. The van der Waals surface area contributed by atoms with E-state index in [0.29, 0.717) is 19.8 Å². The van der Waals surface area contributed by atoms with E-state index in [4.69, 9.17) is 26.8 Å². The SMILES string of the molecule is CCCCCCCCC(S)C(OCCC)(OCCC)OCCC. The molecule has 0 saturated heterocycles. The number of unbranched alkanes of at least 4 members (excludes halogenated alkanes) is 5. The number of hydrogen-bond donors (Lipinski definition) is 1. The highest BCUT2D eigenvalue weighted by Crippen LogP contribution is 2.29. The van der Waals surface area contributed by atoms with Crippen LogP contribution in [0.1, 0.15) is 91.9 Å². The molecule has 140 valence electrons. The van der Waals surface area contributed by atoms with Gasteiger partial charge in [-0.2, -0.15) is 12.6 Å². The first-order valence-corrected chi connectivity index (χ1v) is 10.3. The van der Waals surface area contributed by atoms with Gasteiger partial charge in [-0.15, -0.1) is 0 Å². The van der Waals surface area contributed by atoms with Crippen LogP contribution in [0.2, 0.25) is 0 Å². The van der Waals surface area contributed by atoms with E-state index in [1.165, 1.54) is 32.1 Å². The average Bonchev–Trinajstić information content (AvgIpc) is 2.57. The van der Waals surface area contributed by atoms with Gasteiger partial charge in [0.1, 0.15) is 0 Å². The van der Waals surface area contributed by atoms with Crippen LogP contribution in [0.15, 0.2) is 0 Å². The largest absolute Gasteiger partial charge is 0.327 e. The third-order valence-electron chi connectivity index (χ3n) is 3.76. The van der Waals surface area contributed by atoms with Gasteiger partial charge in [-0.3, -0.25) is 0 Å². The molecule has 0 N–H and O–H groups in total. The Balaban J connectivity index is 4.50. The molecule has 1 unspecified atom stereocenters. The minimum Gasteiger partial charge on any atom is -0.327 e. The fourth-order valence-electron chi connectivity index (χ4n) is 2.44. The topological polar surface area (TPSA) is 27.7 Å². The number of rotatable bonds is 17. The molecule has 1 atom stereocenters. The van der Waals surface area contributed by atoms with E-state index in [9.17, 15) is 0 Å². The van der Waals surface area contributed by atoms with E-state index in [1.54, 1.807) is 0 Å². The zero-order chi connectivity index (χ0) is 17.4. The van der Waals surface area contributed by atoms with Crippen molar-refractivity contribution in [1.29, 1.82) is 0 Å². The van der Waals surface area contributed by atoms with Crippen LogP contribution in [-0.2, 0) is 14.2 Å². The zero-order valence-electron chi connectivity index (χ0n) is 15.9. The van der Waals surface area contributed by atoms with Crippen LogP contribution in [0.3, 0.4) is 0 Å².